The zero-order valence-electron chi connectivity index (χ0n) is 15.8. The molecule has 29 heavy (non-hydrogen) atoms. The van der Waals surface area contributed by atoms with Crippen LogP contribution in [0.25, 0.3) is 11.1 Å². The van der Waals surface area contributed by atoms with Crippen molar-refractivity contribution in [2.75, 3.05) is 47.5 Å². The number of benzene rings is 2. The van der Waals surface area contributed by atoms with Crippen molar-refractivity contribution < 1.29 is 22.3 Å². The van der Waals surface area contributed by atoms with E-state index in [-0.39, 0.29) is 18.1 Å². The molecule has 0 spiro atoms. The largest absolute Gasteiger partial charge is 0.443 e. The van der Waals surface area contributed by atoms with E-state index in [0.717, 1.165) is 5.69 Å². The number of sulfone groups is 1. The molecule has 2 saturated heterocycles. The van der Waals surface area contributed by atoms with Gasteiger partial charge < -0.3 is 15.4 Å². The summed E-state index contributed by atoms with van der Waals surface area (Å²) in [5, 5.41) is 0. The summed E-state index contributed by atoms with van der Waals surface area (Å²) in [5.74, 6) is -0.212. The second kappa shape index (κ2) is 7.64. The normalized spacial score (nSPS) is 21.3. The molecule has 2 aromatic carbocycles. The number of ether oxygens (including phenoxy) is 1. The number of halogens is 1. The van der Waals surface area contributed by atoms with Crippen LogP contribution in [0.15, 0.2) is 42.5 Å². The maximum Gasteiger partial charge on any atom is 0.414 e. The summed E-state index contributed by atoms with van der Waals surface area (Å²) in [6, 6.07) is 12.0. The number of nitrogens with zero attached hydrogens (tertiary/aromatic N) is 2. The molecule has 2 fully saturated rings. The van der Waals surface area contributed by atoms with Crippen LogP contribution in [0.3, 0.4) is 0 Å². The third-order valence-electron chi connectivity index (χ3n) is 5.27. The van der Waals surface area contributed by atoms with E-state index in [1.165, 1.54) is 11.0 Å². The number of nitrogens with two attached hydrogens (primary N) is 1. The minimum absolute atomic E-state index is 0.121. The number of carbonyl (C=O) groups is 1. The Morgan fingerprint density at radius 3 is 2.52 bits per heavy atom. The SMILES string of the molecule is NC[C@H]1CN(c2ccc(-c3cccc(N4CCS(=O)(=O)CC4)c3)c(F)c2)C(=O)O1. The monoisotopic (exact) mass is 419 g/mol. The lowest BCUT2D eigenvalue weighted by molar-refractivity contribution is 0.145. The molecule has 0 unspecified atom stereocenters. The zero-order chi connectivity index (χ0) is 20.6. The molecule has 7 nitrogen and oxygen atoms in total. The average Bonchev–Trinajstić information content (AvgIpc) is 3.09. The van der Waals surface area contributed by atoms with Crippen LogP contribution in [-0.2, 0) is 14.6 Å². The predicted molar refractivity (Wildman–Crippen MR) is 109 cm³/mol. The van der Waals surface area contributed by atoms with Gasteiger partial charge in [-0.2, -0.15) is 0 Å². The van der Waals surface area contributed by atoms with Gasteiger partial charge in [0.1, 0.15) is 11.9 Å². The standard InChI is InChI=1S/C20H22FN3O4S/c21-19-11-16(24-13-17(12-22)28-20(24)25)4-5-18(19)14-2-1-3-15(10-14)23-6-8-29(26,27)9-7-23/h1-5,10-11,17H,6-9,12-13,22H2/t17-/m0/s1. The summed E-state index contributed by atoms with van der Waals surface area (Å²) in [6.07, 6.45) is -0.926. The Balaban J connectivity index is 1.57. The summed E-state index contributed by atoms with van der Waals surface area (Å²) in [4.78, 5) is 15.3. The molecule has 1 atom stereocenters. The van der Waals surface area contributed by atoms with Crippen LogP contribution in [0.1, 0.15) is 0 Å². The van der Waals surface area contributed by atoms with E-state index in [0.29, 0.717) is 36.4 Å². The molecular formula is C20H22FN3O4S. The second-order valence-electron chi connectivity index (χ2n) is 7.21. The first-order valence-corrected chi connectivity index (χ1v) is 11.2. The summed E-state index contributed by atoms with van der Waals surface area (Å²) in [7, 11) is -2.97. The Morgan fingerprint density at radius 2 is 1.86 bits per heavy atom. The van der Waals surface area contributed by atoms with E-state index in [2.05, 4.69) is 0 Å². The molecule has 0 bridgehead atoms. The first kappa shape index (κ1) is 19.7. The number of amides is 1. The van der Waals surface area contributed by atoms with Gasteiger partial charge in [-0.15, -0.1) is 0 Å². The molecule has 4 rings (SSSR count). The Bertz CT molecular complexity index is 1030. The summed E-state index contributed by atoms with van der Waals surface area (Å²) in [6.45, 7) is 1.36. The molecule has 154 valence electrons. The van der Waals surface area contributed by atoms with Crippen LogP contribution < -0.4 is 15.5 Å². The number of anilines is 2. The molecule has 0 aromatic heterocycles. The lowest BCUT2D eigenvalue weighted by Crippen LogP contribution is -2.40. The number of hydrogen-bond acceptors (Lipinski definition) is 6. The Labute approximate surface area is 168 Å². The van der Waals surface area contributed by atoms with Gasteiger partial charge in [0.15, 0.2) is 9.84 Å². The van der Waals surface area contributed by atoms with E-state index in [1.807, 2.05) is 23.1 Å². The van der Waals surface area contributed by atoms with Crippen LogP contribution in [0, 0.1) is 5.82 Å². The van der Waals surface area contributed by atoms with Crippen molar-refractivity contribution in [3.63, 3.8) is 0 Å². The van der Waals surface area contributed by atoms with Crippen LogP contribution in [0.4, 0.5) is 20.6 Å². The van der Waals surface area contributed by atoms with Crippen molar-refractivity contribution in [3.05, 3.63) is 48.3 Å². The van der Waals surface area contributed by atoms with E-state index in [1.54, 1.807) is 18.2 Å². The van der Waals surface area contributed by atoms with E-state index in [9.17, 15) is 17.6 Å². The molecule has 9 heteroatoms. The first-order valence-electron chi connectivity index (χ1n) is 9.40. The van der Waals surface area contributed by atoms with Gasteiger partial charge in [0.05, 0.1) is 23.7 Å². The Hall–Kier alpha value is -2.65. The van der Waals surface area contributed by atoms with Crippen LogP contribution >= 0.6 is 0 Å². The fourth-order valence-corrected chi connectivity index (χ4v) is 4.80. The molecule has 1 amide bonds. The third kappa shape index (κ3) is 4.06. The zero-order valence-corrected chi connectivity index (χ0v) is 16.6. The van der Waals surface area contributed by atoms with Crippen molar-refractivity contribution in [1.29, 1.82) is 0 Å². The van der Waals surface area contributed by atoms with E-state index in [4.69, 9.17) is 10.5 Å². The fourth-order valence-electron chi connectivity index (χ4n) is 3.60. The predicted octanol–water partition coefficient (Wildman–Crippen LogP) is 2.01. The van der Waals surface area contributed by atoms with Gasteiger partial charge in [0.25, 0.3) is 0 Å². The lowest BCUT2D eigenvalue weighted by Gasteiger charge is -2.29. The molecule has 2 aliphatic heterocycles. The third-order valence-corrected chi connectivity index (χ3v) is 6.88. The van der Waals surface area contributed by atoms with Crippen molar-refractivity contribution >= 4 is 27.3 Å². The summed E-state index contributed by atoms with van der Waals surface area (Å²) in [5.41, 5.74) is 7.91. The smallest absolute Gasteiger partial charge is 0.414 e. The lowest BCUT2D eigenvalue weighted by atomic mass is 10.0. The van der Waals surface area contributed by atoms with Crippen molar-refractivity contribution in [2.45, 2.75) is 6.10 Å². The van der Waals surface area contributed by atoms with Crippen molar-refractivity contribution in [3.8, 4) is 11.1 Å². The topological polar surface area (TPSA) is 92.9 Å². The molecule has 0 saturated carbocycles. The van der Waals surface area contributed by atoms with Gasteiger partial charge in [-0.3, -0.25) is 4.90 Å². The number of hydrogen-bond donors (Lipinski definition) is 1. The second-order valence-corrected chi connectivity index (χ2v) is 9.51. The van der Waals surface area contributed by atoms with Gasteiger partial charge in [-0.1, -0.05) is 12.1 Å². The molecular weight excluding hydrogens is 397 g/mol. The minimum atomic E-state index is -2.97. The molecule has 0 radical (unpaired) electrons. The minimum Gasteiger partial charge on any atom is -0.443 e. The number of rotatable bonds is 4. The molecule has 2 N–H and O–H groups in total. The summed E-state index contributed by atoms with van der Waals surface area (Å²) >= 11 is 0. The highest BCUT2D eigenvalue weighted by Gasteiger charge is 2.31. The maximum atomic E-state index is 14.9. The number of cyclic esters (lactones) is 1. The first-order chi connectivity index (χ1) is 13.9. The van der Waals surface area contributed by atoms with Gasteiger partial charge in [0.2, 0.25) is 0 Å². The van der Waals surface area contributed by atoms with E-state index < -0.39 is 27.9 Å². The highest BCUT2D eigenvalue weighted by Crippen LogP contribution is 2.31. The highest BCUT2D eigenvalue weighted by atomic mass is 32.2. The molecule has 2 aromatic rings. The van der Waals surface area contributed by atoms with Crippen LogP contribution in [-0.4, -0.2) is 58.3 Å². The number of carbonyl (C=O) groups excluding carboxylic acids is 1. The van der Waals surface area contributed by atoms with Gasteiger partial charge in [-0.25, -0.2) is 17.6 Å². The highest BCUT2D eigenvalue weighted by molar-refractivity contribution is 7.91. The maximum absolute atomic E-state index is 14.9. The van der Waals surface area contributed by atoms with Crippen molar-refractivity contribution in [1.82, 2.24) is 0 Å². The van der Waals surface area contributed by atoms with E-state index >= 15 is 0 Å². The van der Waals surface area contributed by atoms with Crippen LogP contribution in [0.2, 0.25) is 0 Å². The molecule has 2 heterocycles. The molecule has 0 aliphatic carbocycles. The van der Waals surface area contributed by atoms with Crippen LogP contribution in [0.5, 0.6) is 0 Å². The molecule has 2 aliphatic rings. The average molecular weight is 419 g/mol. The summed E-state index contributed by atoms with van der Waals surface area (Å²) < 4.78 is 43.3. The quantitative estimate of drug-likeness (QED) is 0.815. The van der Waals surface area contributed by atoms with Gasteiger partial charge in [0, 0.05) is 30.9 Å². The Morgan fingerprint density at radius 1 is 1.10 bits per heavy atom. The Kier molecular flexibility index (Phi) is 5.18. The van der Waals surface area contributed by atoms with Gasteiger partial charge >= 0.3 is 6.09 Å². The van der Waals surface area contributed by atoms with Crippen molar-refractivity contribution in [2.24, 2.45) is 5.73 Å². The van der Waals surface area contributed by atoms with Gasteiger partial charge in [-0.05, 0) is 35.9 Å². The fraction of sp³-hybridized carbons (Fsp3) is 0.350.